The van der Waals surface area contributed by atoms with Gasteiger partial charge in [-0.1, -0.05) is 18.2 Å². The summed E-state index contributed by atoms with van der Waals surface area (Å²) in [5.41, 5.74) is 2.17. The van der Waals surface area contributed by atoms with Gasteiger partial charge in [0.25, 0.3) is 0 Å². The Morgan fingerprint density at radius 1 is 1.00 bits per heavy atom. The number of furan rings is 1. The van der Waals surface area contributed by atoms with Gasteiger partial charge in [-0.15, -0.1) is 0 Å². The highest BCUT2D eigenvalue weighted by Crippen LogP contribution is 2.20. The van der Waals surface area contributed by atoms with Gasteiger partial charge in [0.05, 0.1) is 6.54 Å². The first-order chi connectivity index (χ1) is 14.6. The van der Waals surface area contributed by atoms with E-state index in [1.54, 1.807) is 0 Å². The largest absolute Gasteiger partial charge is 0.465 e. The zero-order chi connectivity index (χ0) is 20.9. The Hall–Kier alpha value is -3.13. The lowest BCUT2D eigenvalue weighted by atomic mass is 10.2. The number of para-hydroxylation sites is 1. The van der Waals surface area contributed by atoms with Crippen LogP contribution >= 0.6 is 12.2 Å². The molecule has 156 valence electrons. The molecule has 0 bridgehead atoms. The third-order valence-corrected chi connectivity index (χ3v) is 5.26. The molecule has 0 aliphatic carbocycles. The maximum atomic E-state index is 5.55. The van der Waals surface area contributed by atoms with Crippen LogP contribution < -0.4 is 20.4 Å². The van der Waals surface area contributed by atoms with Crippen LogP contribution in [-0.4, -0.2) is 41.3 Å². The predicted octanol–water partition coefficient (Wildman–Crippen LogP) is 3.50. The van der Waals surface area contributed by atoms with Crippen molar-refractivity contribution < 1.29 is 4.42 Å². The number of benzene rings is 1. The molecule has 4 rings (SSSR count). The quantitative estimate of drug-likeness (QED) is 0.606. The van der Waals surface area contributed by atoms with E-state index in [0.29, 0.717) is 17.6 Å². The average molecular weight is 423 g/mol. The molecular formula is C22H26N6OS. The van der Waals surface area contributed by atoms with Gasteiger partial charge in [-0.05, 0) is 50.3 Å². The fourth-order valence-corrected chi connectivity index (χ4v) is 3.66. The summed E-state index contributed by atoms with van der Waals surface area (Å²) in [4.78, 5) is 13.9. The Bertz CT molecular complexity index is 998. The van der Waals surface area contributed by atoms with Crippen molar-refractivity contribution in [3.8, 4) is 0 Å². The summed E-state index contributed by atoms with van der Waals surface area (Å²) in [6, 6.07) is 16.4. The maximum absolute atomic E-state index is 5.55. The van der Waals surface area contributed by atoms with Crippen LogP contribution in [0, 0.1) is 13.8 Å². The highest BCUT2D eigenvalue weighted by Gasteiger charge is 2.19. The number of rotatable bonds is 5. The van der Waals surface area contributed by atoms with Crippen LogP contribution in [0.2, 0.25) is 0 Å². The van der Waals surface area contributed by atoms with Gasteiger partial charge in [-0.25, -0.2) is 4.98 Å². The minimum atomic E-state index is 0.467. The molecule has 0 spiro atoms. The standard InChI is InChI=1S/C22H26N6OS/c1-16-14-20(28-12-10-27(11-13-28)18-6-4-3-5-7-18)25-21(24-16)26-22(30)23-15-19-9-8-17(2)29-19/h3-9,14H,10-13,15H2,1-2H3,(H2,23,24,25,26,30). The van der Waals surface area contributed by atoms with Crippen molar-refractivity contribution in [2.24, 2.45) is 0 Å². The Labute approximate surface area is 182 Å². The first-order valence-electron chi connectivity index (χ1n) is 10.1. The SMILES string of the molecule is Cc1cc(N2CCN(c3ccccc3)CC2)nc(NC(=S)NCc2ccc(C)o2)n1. The summed E-state index contributed by atoms with van der Waals surface area (Å²) in [7, 11) is 0. The molecule has 3 heterocycles. The first-order valence-corrected chi connectivity index (χ1v) is 10.5. The third kappa shape index (κ3) is 5.07. The number of aromatic nitrogens is 2. The van der Waals surface area contributed by atoms with Crippen molar-refractivity contribution in [3.63, 3.8) is 0 Å². The van der Waals surface area contributed by atoms with E-state index in [-0.39, 0.29) is 0 Å². The monoisotopic (exact) mass is 422 g/mol. The molecule has 0 radical (unpaired) electrons. The maximum Gasteiger partial charge on any atom is 0.231 e. The molecule has 7 nitrogen and oxygen atoms in total. The number of nitrogens with one attached hydrogen (secondary N) is 2. The lowest BCUT2D eigenvalue weighted by molar-refractivity contribution is 0.478. The lowest BCUT2D eigenvalue weighted by Crippen LogP contribution is -2.47. The summed E-state index contributed by atoms with van der Waals surface area (Å²) >= 11 is 5.39. The average Bonchev–Trinajstić information content (AvgIpc) is 3.18. The van der Waals surface area contributed by atoms with Crippen LogP contribution in [-0.2, 0) is 6.54 Å². The highest BCUT2D eigenvalue weighted by atomic mass is 32.1. The number of hydrogen-bond donors (Lipinski definition) is 2. The normalized spacial score (nSPS) is 13.9. The second kappa shape index (κ2) is 9.13. The molecule has 1 aliphatic rings. The van der Waals surface area contributed by atoms with Gasteiger partial charge in [-0.2, -0.15) is 4.98 Å². The van der Waals surface area contributed by atoms with Gasteiger partial charge in [0.15, 0.2) is 5.11 Å². The second-order valence-corrected chi connectivity index (χ2v) is 7.73. The van der Waals surface area contributed by atoms with Crippen LogP contribution in [0.25, 0.3) is 0 Å². The van der Waals surface area contributed by atoms with Gasteiger partial charge >= 0.3 is 0 Å². The molecule has 1 fully saturated rings. The molecule has 1 aliphatic heterocycles. The van der Waals surface area contributed by atoms with Crippen molar-refractivity contribution in [3.05, 3.63) is 65.7 Å². The Morgan fingerprint density at radius 2 is 1.73 bits per heavy atom. The van der Waals surface area contributed by atoms with Gasteiger partial charge in [0, 0.05) is 43.6 Å². The van der Waals surface area contributed by atoms with E-state index in [4.69, 9.17) is 16.6 Å². The van der Waals surface area contributed by atoms with E-state index in [9.17, 15) is 0 Å². The van der Waals surface area contributed by atoms with Crippen molar-refractivity contribution >= 4 is 34.8 Å². The molecule has 1 saturated heterocycles. The molecule has 1 aromatic carbocycles. The van der Waals surface area contributed by atoms with Crippen molar-refractivity contribution in [2.75, 3.05) is 41.3 Å². The van der Waals surface area contributed by atoms with E-state index in [2.05, 4.69) is 54.7 Å². The second-order valence-electron chi connectivity index (χ2n) is 7.32. The molecule has 0 atom stereocenters. The van der Waals surface area contributed by atoms with Gasteiger partial charge in [-0.3, -0.25) is 0 Å². The molecule has 30 heavy (non-hydrogen) atoms. The predicted molar refractivity (Wildman–Crippen MR) is 124 cm³/mol. The first kappa shape index (κ1) is 20.2. The number of nitrogens with zero attached hydrogens (tertiary/aromatic N) is 4. The minimum absolute atomic E-state index is 0.467. The summed E-state index contributed by atoms with van der Waals surface area (Å²) in [6.45, 7) is 8.13. The van der Waals surface area contributed by atoms with E-state index >= 15 is 0 Å². The van der Waals surface area contributed by atoms with Crippen molar-refractivity contribution in [1.82, 2.24) is 15.3 Å². The lowest BCUT2D eigenvalue weighted by Gasteiger charge is -2.36. The van der Waals surface area contributed by atoms with E-state index in [1.807, 2.05) is 38.1 Å². The number of hydrogen-bond acceptors (Lipinski definition) is 6. The van der Waals surface area contributed by atoms with Gasteiger partial charge in [0.1, 0.15) is 17.3 Å². The summed E-state index contributed by atoms with van der Waals surface area (Å²) in [5.74, 6) is 3.13. The number of aryl methyl sites for hydroxylation is 2. The zero-order valence-electron chi connectivity index (χ0n) is 17.3. The molecule has 0 saturated carbocycles. The van der Waals surface area contributed by atoms with Crippen LogP contribution in [0.1, 0.15) is 17.2 Å². The Balaban J connectivity index is 1.35. The van der Waals surface area contributed by atoms with Crippen molar-refractivity contribution in [2.45, 2.75) is 20.4 Å². The van der Waals surface area contributed by atoms with Gasteiger partial charge in [0.2, 0.25) is 5.95 Å². The smallest absolute Gasteiger partial charge is 0.231 e. The van der Waals surface area contributed by atoms with Crippen molar-refractivity contribution in [1.29, 1.82) is 0 Å². The summed E-state index contributed by atoms with van der Waals surface area (Å²) < 4.78 is 5.55. The highest BCUT2D eigenvalue weighted by molar-refractivity contribution is 7.80. The van der Waals surface area contributed by atoms with E-state index in [1.165, 1.54) is 5.69 Å². The summed E-state index contributed by atoms with van der Waals surface area (Å²) in [5, 5.41) is 6.69. The molecular weight excluding hydrogens is 396 g/mol. The fourth-order valence-electron chi connectivity index (χ4n) is 3.50. The van der Waals surface area contributed by atoms with E-state index < -0.39 is 0 Å². The molecule has 2 aromatic heterocycles. The Morgan fingerprint density at radius 3 is 2.43 bits per heavy atom. The number of thiocarbonyl (C=S) groups is 1. The topological polar surface area (TPSA) is 69.5 Å². The van der Waals surface area contributed by atoms with E-state index in [0.717, 1.165) is 49.2 Å². The molecule has 8 heteroatoms. The number of anilines is 3. The minimum Gasteiger partial charge on any atom is -0.465 e. The zero-order valence-corrected chi connectivity index (χ0v) is 18.1. The van der Waals surface area contributed by atoms with Gasteiger partial charge < -0.3 is 24.9 Å². The fraction of sp³-hybridized carbons (Fsp3) is 0.318. The molecule has 0 amide bonds. The Kier molecular flexibility index (Phi) is 6.13. The number of piperazine rings is 1. The van der Waals surface area contributed by atoms with Crippen LogP contribution in [0.4, 0.5) is 17.5 Å². The summed E-state index contributed by atoms with van der Waals surface area (Å²) in [6.07, 6.45) is 0. The third-order valence-electron chi connectivity index (χ3n) is 5.01. The molecule has 2 N–H and O–H groups in total. The molecule has 0 unspecified atom stereocenters. The van der Waals surface area contributed by atoms with Crippen LogP contribution in [0.3, 0.4) is 0 Å². The molecule has 3 aromatic rings. The van der Waals surface area contributed by atoms with Crippen LogP contribution in [0.5, 0.6) is 0 Å². The van der Waals surface area contributed by atoms with Crippen LogP contribution in [0.15, 0.2) is 52.9 Å².